The molecule has 0 radical (unpaired) electrons. The van der Waals surface area contributed by atoms with Crippen LogP contribution >= 0.6 is 31.9 Å². The number of hydrogen-bond donors (Lipinski definition) is 0. The lowest BCUT2D eigenvalue weighted by molar-refractivity contribution is 0.438. The Morgan fingerprint density at radius 2 is 1.86 bits per heavy atom. The van der Waals surface area contributed by atoms with Crippen molar-refractivity contribution in [2.24, 2.45) is 5.10 Å². The Morgan fingerprint density at radius 1 is 1.29 bits per heavy atom. The predicted octanol–water partition coefficient (Wildman–Crippen LogP) is 3.11. The van der Waals surface area contributed by atoms with E-state index in [1.54, 1.807) is 5.01 Å². The minimum Gasteiger partial charge on any atom is -0.303 e. The van der Waals surface area contributed by atoms with Crippen LogP contribution in [-0.4, -0.2) is 30.1 Å². The van der Waals surface area contributed by atoms with Gasteiger partial charge in [0.05, 0.1) is 5.71 Å². The summed E-state index contributed by atoms with van der Waals surface area (Å²) in [7, 11) is 3.84. The highest BCUT2D eigenvalue weighted by Gasteiger charge is 2.01. The van der Waals surface area contributed by atoms with Gasteiger partial charge < -0.3 is 5.01 Å². The Hall–Kier alpha value is -0.350. The molecule has 0 saturated heterocycles. The second-order valence-corrected chi connectivity index (χ2v) is 4.51. The van der Waals surface area contributed by atoms with Crippen molar-refractivity contribution >= 4 is 37.6 Å². The van der Waals surface area contributed by atoms with Gasteiger partial charge in [0.2, 0.25) is 0 Å². The number of hydrogen-bond acceptors (Lipinski definition) is 2. The Kier molecular flexibility index (Phi) is 4.62. The third-order valence-electron chi connectivity index (χ3n) is 1.62. The molecule has 0 unspecified atom stereocenters. The third kappa shape index (κ3) is 3.42. The zero-order valence-electron chi connectivity index (χ0n) is 8.17. The fourth-order valence-electron chi connectivity index (χ4n) is 1.05. The van der Waals surface area contributed by atoms with E-state index >= 15 is 0 Å². The first-order valence-electron chi connectivity index (χ1n) is 4.20. The van der Waals surface area contributed by atoms with E-state index in [1.807, 2.05) is 38.4 Å². The zero-order valence-corrected chi connectivity index (χ0v) is 11.3. The molecule has 76 valence electrons. The molecule has 0 aliphatic carbocycles. The van der Waals surface area contributed by atoms with Crippen molar-refractivity contribution < 1.29 is 0 Å². The fourth-order valence-corrected chi connectivity index (χ4v) is 1.75. The summed E-state index contributed by atoms with van der Waals surface area (Å²) in [6.07, 6.45) is 0. The number of nitrogens with zero attached hydrogens (tertiary/aromatic N) is 2. The highest BCUT2D eigenvalue weighted by molar-refractivity contribution is 9.10. The Balaban J connectivity index is 2.95. The van der Waals surface area contributed by atoms with E-state index in [1.165, 1.54) is 0 Å². The van der Waals surface area contributed by atoms with E-state index in [-0.39, 0.29) is 0 Å². The fraction of sp³-hybridized carbons (Fsp3) is 0.300. The molecule has 1 aromatic carbocycles. The van der Waals surface area contributed by atoms with Gasteiger partial charge in [-0.15, -0.1) is 0 Å². The lowest BCUT2D eigenvalue weighted by Crippen LogP contribution is -2.11. The van der Waals surface area contributed by atoms with Crippen LogP contribution in [0.1, 0.15) is 5.56 Å². The maximum absolute atomic E-state index is 4.38. The second kappa shape index (κ2) is 5.51. The van der Waals surface area contributed by atoms with Gasteiger partial charge in [-0.3, -0.25) is 0 Å². The van der Waals surface area contributed by atoms with Crippen molar-refractivity contribution in [2.45, 2.75) is 0 Å². The molecule has 0 atom stereocenters. The number of hydrazone groups is 1. The van der Waals surface area contributed by atoms with Crippen LogP contribution in [0, 0.1) is 0 Å². The van der Waals surface area contributed by atoms with E-state index in [9.17, 15) is 0 Å². The SMILES string of the molecule is CN(C)N=C(CBr)c1ccc(Br)cc1. The van der Waals surface area contributed by atoms with Crippen LogP contribution in [0.25, 0.3) is 0 Å². The van der Waals surface area contributed by atoms with Crippen LogP contribution in [0.4, 0.5) is 0 Å². The molecule has 0 fully saturated rings. The van der Waals surface area contributed by atoms with Gasteiger partial charge in [-0.1, -0.05) is 44.0 Å². The summed E-state index contributed by atoms with van der Waals surface area (Å²) in [5.74, 6) is 0. The first-order chi connectivity index (χ1) is 6.63. The van der Waals surface area contributed by atoms with Gasteiger partial charge in [0.25, 0.3) is 0 Å². The van der Waals surface area contributed by atoms with Crippen LogP contribution in [0.2, 0.25) is 0 Å². The molecular formula is C10H12Br2N2. The van der Waals surface area contributed by atoms with Gasteiger partial charge >= 0.3 is 0 Å². The smallest absolute Gasteiger partial charge is 0.0782 e. The van der Waals surface area contributed by atoms with Gasteiger partial charge in [0, 0.05) is 23.9 Å². The van der Waals surface area contributed by atoms with E-state index < -0.39 is 0 Å². The molecule has 0 heterocycles. The summed E-state index contributed by atoms with van der Waals surface area (Å²) in [5.41, 5.74) is 2.17. The first-order valence-corrected chi connectivity index (χ1v) is 6.11. The summed E-state index contributed by atoms with van der Waals surface area (Å²) in [5, 5.41) is 6.94. The van der Waals surface area contributed by atoms with Gasteiger partial charge in [-0.05, 0) is 17.7 Å². The van der Waals surface area contributed by atoms with Crippen LogP contribution in [0.5, 0.6) is 0 Å². The summed E-state index contributed by atoms with van der Waals surface area (Å²) in [4.78, 5) is 0. The van der Waals surface area contributed by atoms with Gasteiger partial charge in [-0.25, -0.2) is 0 Å². The van der Waals surface area contributed by atoms with E-state index in [4.69, 9.17) is 0 Å². The number of rotatable bonds is 3. The molecule has 0 amide bonds. The van der Waals surface area contributed by atoms with Crippen molar-refractivity contribution in [3.63, 3.8) is 0 Å². The van der Waals surface area contributed by atoms with Crippen LogP contribution in [0.15, 0.2) is 33.8 Å². The predicted molar refractivity (Wildman–Crippen MR) is 68.2 cm³/mol. The van der Waals surface area contributed by atoms with Gasteiger partial charge in [-0.2, -0.15) is 5.10 Å². The van der Waals surface area contributed by atoms with Crippen molar-refractivity contribution in [1.29, 1.82) is 0 Å². The molecule has 0 aliphatic heterocycles. The third-order valence-corrected chi connectivity index (χ3v) is 2.68. The van der Waals surface area contributed by atoms with Crippen LogP contribution in [0.3, 0.4) is 0 Å². The number of halogens is 2. The molecule has 1 rings (SSSR count). The van der Waals surface area contributed by atoms with E-state index in [0.29, 0.717) is 0 Å². The van der Waals surface area contributed by atoms with Crippen LogP contribution < -0.4 is 0 Å². The number of benzene rings is 1. The Bertz CT molecular complexity index is 317. The topological polar surface area (TPSA) is 15.6 Å². The summed E-state index contributed by atoms with van der Waals surface area (Å²) < 4.78 is 1.08. The minimum atomic E-state index is 0.757. The summed E-state index contributed by atoms with van der Waals surface area (Å²) >= 11 is 6.84. The molecule has 0 N–H and O–H groups in total. The lowest BCUT2D eigenvalue weighted by Gasteiger charge is -2.08. The minimum absolute atomic E-state index is 0.757. The van der Waals surface area contributed by atoms with Crippen molar-refractivity contribution in [3.05, 3.63) is 34.3 Å². The largest absolute Gasteiger partial charge is 0.303 e. The average Bonchev–Trinajstić information content (AvgIpc) is 2.15. The maximum atomic E-state index is 4.38. The molecular weight excluding hydrogens is 308 g/mol. The lowest BCUT2D eigenvalue weighted by atomic mass is 10.1. The number of alkyl halides is 1. The zero-order chi connectivity index (χ0) is 10.6. The van der Waals surface area contributed by atoms with Gasteiger partial charge in [0.15, 0.2) is 0 Å². The first kappa shape index (κ1) is 11.7. The van der Waals surface area contributed by atoms with E-state index in [0.717, 1.165) is 21.1 Å². The van der Waals surface area contributed by atoms with E-state index in [2.05, 4.69) is 37.0 Å². The second-order valence-electron chi connectivity index (χ2n) is 3.03. The molecule has 4 heteroatoms. The molecule has 0 aromatic heterocycles. The molecule has 14 heavy (non-hydrogen) atoms. The van der Waals surface area contributed by atoms with Crippen molar-refractivity contribution in [2.75, 3.05) is 19.4 Å². The Labute approximate surface area is 101 Å². The summed E-state index contributed by atoms with van der Waals surface area (Å²) in [6.45, 7) is 0. The molecule has 0 aliphatic rings. The maximum Gasteiger partial charge on any atom is 0.0782 e. The quantitative estimate of drug-likeness (QED) is 0.475. The average molecular weight is 320 g/mol. The van der Waals surface area contributed by atoms with Crippen molar-refractivity contribution in [1.82, 2.24) is 5.01 Å². The highest BCUT2D eigenvalue weighted by Crippen LogP contribution is 2.12. The van der Waals surface area contributed by atoms with Crippen molar-refractivity contribution in [3.8, 4) is 0 Å². The normalized spacial score (nSPS) is 11.6. The molecule has 0 bridgehead atoms. The Morgan fingerprint density at radius 3 is 2.29 bits per heavy atom. The van der Waals surface area contributed by atoms with Gasteiger partial charge in [0.1, 0.15) is 0 Å². The molecule has 0 spiro atoms. The molecule has 1 aromatic rings. The molecule has 0 saturated carbocycles. The highest BCUT2D eigenvalue weighted by atomic mass is 79.9. The standard InChI is InChI=1S/C10H12Br2N2/c1-14(2)13-10(7-11)8-3-5-9(12)6-4-8/h3-6H,7H2,1-2H3. The molecule has 2 nitrogen and oxygen atoms in total. The monoisotopic (exact) mass is 318 g/mol. The van der Waals surface area contributed by atoms with Crippen LogP contribution in [-0.2, 0) is 0 Å². The summed E-state index contributed by atoms with van der Waals surface area (Å²) in [6, 6.07) is 8.13.